The summed E-state index contributed by atoms with van der Waals surface area (Å²) in [5.74, 6) is 0.217. The summed E-state index contributed by atoms with van der Waals surface area (Å²) in [6.07, 6.45) is 0.604. The molecule has 3 rings (SSSR count). The van der Waals surface area contributed by atoms with Crippen LogP contribution in [-0.4, -0.2) is 54.2 Å². The molecule has 0 unspecified atom stereocenters. The average molecular weight is 433 g/mol. The highest BCUT2D eigenvalue weighted by atomic mass is 32.2. The van der Waals surface area contributed by atoms with E-state index in [1.807, 2.05) is 11.6 Å². The number of aryl methyl sites for hydroxylation is 2. The van der Waals surface area contributed by atoms with Crippen molar-refractivity contribution < 1.29 is 17.6 Å². The minimum atomic E-state index is -3.55. The predicted molar refractivity (Wildman–Crippen MR) is 113 cm³/mol. The van der Waals surface area contributed by atoms with Crippen LogP contribution < -0.4 is 0 Å². The largest absolute Gasteiger partial charge is 0.341 e. The normalized spacial score (nSPS) is 11.9. The molecular formula is C21H25FN4O3S. The molecule has 3 aromatic rings. The zero-order valence-corrected chi connectivity index (χ0v) is 18.3. The van der Waals surface area contributed by atoms with Gasteiger partial charge >= 0.3 is 0 Å². The Morgan fingerprint density at radius 2 is 1.83 bits per heavy atom. The Bertz CT molecular complexity index is 1190. The summed E-state index contributed by atoms with van der Waals surface area (Å²) in [7, 11) is 2.88. The van der Waals surface area contributed by atoms with Gasteiger partial charge in [0.2, 0.25) is 15.9 Å². The number of sulfonamides is 1. The second-order valence-corrected chi connectivity index (χ2v) is 9.52. The van der Waals surface area contributed by atoms with Crippen molar-refractivity contribution in [2.24, 2.45) is 7.05 Å². The molecule has 0 N–H and O–H groups in total. The van der Waals surface area contributed by atoms with E-state index >= 15 is 0 Å². The van der Waals surface area contributed by atoms with Crippen molar-refractivity contribution in [3.8, 4) is 0 Å². The summed E-state index contributed by atoms with van der Waals surface area (Å²) < 4.78 is 41.5. The number of nitrogens with zero attached hydrogens (tertiary/aromatic N) is 4. The van der Waals surface area contributed by atoms with Crippen molar-refractivity contribution in [2.75, 3.05) is 21.1 Å². The summed E-state index contributed by atoms with van der Waals surface area (Å²) in [4.78, 5) is 18.7. The van der Waals surface area contributed by atoms with E-state index < -0.39 is 10.0 Å². The lowest BCUT2D eigenvalue weighted by Gasteiger charge is -2.17. The molecule has 0 atom stereocenters. The van der Waals surface area contributed by atoms with Crippen molar-refractivity contribution in [1.29, 1.82) is 0 Å². The summed E-state index contributed by atoms with van der Waals surface area (Å²) in [6.45, 7) is 0.194. The van der Waals surface area contributed by atoms with Crippen molar-refractivity contribution >= 4 is 27.0 Å². The minimum absolute atomic E-state index is 0.124. The molecule has 0 radical (unpaired) electrons. The van der Waals surface area contributed by atoms with Gasteiger partial charge in [-0.15, -0.1) is 0 Å². The highest BCUT2D eigenvalue weighted by Gasteiger charge is 2.19. The molecular weight excluding hydrogens is 407 g/mol. The van der Waals surface area contributed by atoms with E-state index in [9.17, 15) is 17.6 Å². The molecule has 0 saturated heterocycles. The summed E-state index contributed by atoms with van der Waals surface area (Å²) in [5, 5.41) is 0. The molecule has 0 fully saturated rings. The maximum absolute atomic E-state index is 13.8. The molecule has 7 nitrogen and oxygen atoms in total. The lowest BCUT2D eigenvalue weighted by molar-refractivity contribution is -0.130. The third-order valence-electron chi connectivity index (χ3n) is 5.08. The number of carbonyl (C=O) groups is 1. The van der Waals surface area contributed by atoms with Crippen molar-refractivity contribution in [3.63, 3.8) is 0 Å². The number of carbonyl (C=O) groups excluding carboxylic acids is 1. The molecule has 0 saturated carbocycles. The van der Waals surface area contributed by atoms with E-state index in [0.29, 0.717) is 23.3 Å². The molecule has 9 heteroatoms. The van der Waals surface area contributed by atoms with Gasteiger partial charge in [-0.05, 0) is 24.3 Å². The fourth-order valence-electron chi connectivity index (χ4n) is 3.20. The zero-order chi connectivity index (χ0) is 22.1. The van der Waals surface area contributed by atoms with Crippen LogP contribution in [0.1, 0.15) is 17.8 Å². The fraction of sp³-hybridized carbons (Fsp3) is 0.333. The van der Waals surface area contributed by atoms with Crippen molar-refractivity contribution in [2.45, 2.75) is 24.3 Å². The molecule has 1 heterocycles. The molecule has 1 aromatic heterocycles. The van der Waals surface area contributed by atoms with E-state index in [2.05, 4.69) is 4.98 Å². The Kier molecular flexibility index (Phi) is 6.23. The van der Waals surface area contributed by atoms with Gasteiger partial charge in [-0.1, -0.05) is 18.2 Å². The predicted octanol–water partition coefficient (Wildman–Crippen LogP) is 2.55. The second kappa shape index (κ2) is 8.53. The average Bonchev–Trinajstić information content (AvgIpc) is 3.02. The second-order valence-electron chi connectivity index (χ2n) is 7.37. The smallest absolute Gasteiger partial charge is 0.242 e. The fourth-order valence-corrected chi connectivity index (χ4v) is 4.13. The van der Waals surface area contributed by atoms with E-state index in [1.165, 1.54) is 25.1 Å². The first-order valence-electron chi connectivity index (χ1n) is 9.46. The molecule has 0 bridgehead atoms. The van der Waals surface area contributed by atoms with E-state index in [0.717, 1.165) is 9.82 Å². The third kappa shape index (κ3) is 4.36. The number of aromatic nitrogens is 2. The SMILES string of the molecule is CN(Cc1ccccc1F)C(=O)CCc1nc2cc(S(=O)(=O)N(C)C)ccc2n1C. The maximum Gasteiger partial charge on any atom is 0.242 e. The monoisotopic (exact) mass is 432 g/mol. The summed E-state index contributed by atoms with van der Waals surface area (Å²) in [6, 6.07) is 11.2. The van der Waals surface area contributed by atoms with Crippen LogP contribution in [0.15, 0.2) is 47.4 Å². The first kappa shape index (κ1) is 21.9. The van der Waals surface area contributed by atoms with Gasteiger partial charge in [0.25, 0.3) is 0 Å². The van der Waals surface area contributed by atoms with Crippen LogP contribution in [0.2, 0.25) is 0 Å². The number of rotatable bonds is 7. The Hall–Kier alpha value is -2.78. The molecule has 1 amide bonds. The lowest BCUT2D eigenvalue weighted by atomic mass is 10.2. The van der Waals surface area contributed by atoms with Gasteiger partial charge in [-0.2, -0.15) is 0 Å². The zero-order valence-electron chi connectivity index (χ0n) is 17.5. The van der Waals surface area contributed by atoms with Crippen LogP contribution in [-0.2, 0) is 34.8 Å². The van der Waals surface area contributed by atoms with Crippen LogP contribution in [0.4, 0.5) is 4.39 Å². The maximum atomic E-state index is 13.8. The van der Waals surface area contributed by atoms with E-state index in [-0.39, 0.29) is 29.6 Å². The Morgan fingerprint density at radius 1 is 1.13 bits per heavy atom. The molecule has 30 heavy (non-hydrogen) atoms. The van der Waals surface area contributed by atoms with Crippen LogP contribution in [0.3, 0.4) is 0 Å². The number of hydrogen-bond donors (Lipinski definition) is 0. The van der Waals surface area contributed by atoms with Crippen LogP contribution in [0, 0.1) is 5.82 Å². The first-order valence-corrected chi connectivity index (χ1v) is 10.9. The van der Waals surface area contributed by atoms with Gasteiger partial charge in [0.1, 0.15) is 11.6 Å². The van der Waals surface area contributed by atoms with Gasteiger partial charge < -0.3 is 9.47 Å². The molecule has 0 aliphatic heterocycles. The number of hydrogen-bond acceptors (Lipinski definition) is 4. The minimum Gasteiger partial charge on any atom is -0.341 e. The Balaban J connectivity index is 1.73. The summed E-state index contributed by atoms with van der Waals surface area (Å²) in [5.41, 5.74) is 1.81. The number of halogens is 1. The first-order chi connectivity index (χ1) is 14.1. The van der Waals surface area contributed by atoms with Gasteiger partial charge in [-0.3, -0.25) is 4.79 Å². The van der Waals surface area contributed by atoms with Crippen LogP contribution >= 0.6 is 0 Å². The van der Waals surface area contributed by atoms with Gasteiger partial charge in [0.05, 0.1) is 15.9 Å². The Labute approximate surface area is 175 Å². The number of benzene rings is 2. The van der Waals surface area contributed by atoms with Gasteiger partial charge in [-0.25, -0.2) is 22.1 Å². The van der Waals surface area contributed by atoms with Crippen molar-refractivity contribution in [1.82, 2.24) is 18.8 Å². The van der Waals surface area contributed by atoms with E-state index in [1.54, 1.807) is 43.4 Å². The molecule has 0 aliphatic rings. The quantitative estimate of drug-likeness (QED) is 0.575. The number of amides is 1. The highest BCUT2D eigenvalue weighted by molar-refractivity contribution is 7.89. The number of imidazole rings is 1. The lowest BCUT2D eigenvalue weighted by Crippen LogP contribution is -2.27. The van der Waals surface area contributed by atoms with Gasteiger partial charge in [0, 0.05) is 53.1 Å². The van der Waals surface area contributed by atoms with Gasteiger partial charge in [0.15, 0.2) is 0 Å². The molecule has 0 aliphatic carbocycles. The van der Waals surface area contributed by atoms with Crippen LogP contribution in [0.25, 0.3) is 11.0 Å². The molecule has 2 aromatic carbocycles. The highest BCUT2D eigenvalue weighted by Crippen LogP contribution is 2.22. The summed E-state index contributed by atoms with van der Waals surface area (Å²) >= 11 is 0. The topological polar surface area (TPSA) is 75.5 Å². The van der Waals surface area contributed by atoms with Crippen LogP contribution in [0.5, 0.6) is 0 Å². The standard InChI is InChI=1S/C21H25FN4O3S/c1-24(2)30(28,29)16-9-10-19-18(13-16)23-20(26(19)4)11-12-21(27)25(3)14-15-7-5-6-8-17(15)22/h5-10,13H,11-12,14H2,1-4H3. The third-order valence-corrected chi connectivity index (χ3v) is 6.89. The number of fused-ring (bicyclic) bond motifs is 1. The molecule has 0 spiro atoms. The van der Waals surface area contributed by atoms with E-state index in [4.69, 9.17) is 0 Å². The molecule has 160 valence electrons. The van der Waals surface area contributed by atoms with Crippen molar-refractivity contribution in [3.05, 3.63) is 59.7 Å². The Morgan fingerprint density at radius 3 is 2.50 bits per heavy atom.